The van der Waals surface area contributed by atoms with E-state index in [1.54, 1.807) is 26.4 Å². The van der Waals surface area contributed by atoms with Gasteiger partial charge in [-0.2, -0.15) is 0 Å². The lowest BCUT2D eigenvalue weighted by molar-refractivity contribution is -0.123. The largest absolute Gasteiger partial charge is 0.493 e. The van der Waals surface area contributed by atoms with Crippen molar-refractivity contribution in [2.24, 2.45) is 0 Å². The van der Waals surface area contributed by atoms with E-state index in [1.165, 1.54) is 4.90 Å². The summed E-state index contributed by atoms with van der Waals surface area (Å²) in [6, 6.07) is 10.6. The van der Waals surface area contributed by atoms with Gasteiger partial charge in [-0.05, 0) is 64.1 Å². The molecule has 6 nitrogen and oxygen atoms in total. The smallest absolute Gasteiger partial charge is 0.329 e. The average molecular weight is 543 g/mol. The van der Waals surface area contributed by atoms with Crippen molar-refractivity contribution in [1.82, 2.24) is 10.2 Å². The molecule has 2 aromatic rings. The molecule has 1 saturated heterocycles. The van der Waals surface area contributed by atoms with Gasteiger partial charge in [0.1, 0.15) is 5.70 Å². The summed E-state index contributed by atoms with van der Waals surface area (Å²) in [6.45, 7) is 0.207. The fourth-order valence-corrected chi connectivity index (χ4v) is 3.79. The number of imide groups is 1. The molecule has 0 atom stereocenters. The molecule has 0 aliphatic carbocycles. The van der Waals surface area contributed by atoms with Crippen molar-refractivity contribution in [3.8, 4) is 11.5 Å². The second kappa shape index (κ2) is 8.30. The van der Waals surface area contributed by atoms with Gasteiger partial charge in [0.2, 0.25) is 0 Å². The molecule has 3 amide bonds. The van der Waals surface area contributed by atoms with Gasteiger partial charge in [-0.1, -0.05) is 28.1 Å². The molecule has 1 aliphatic rings. The van der Waals surface area contributed by atoms with E-state index in [4.69, 9.17) is 9.47 Å². The van der Waals surface area contributed by atoms with Gasteiger partial charge in [0, 0.05) is 4.47 Å². The van der Waals surface area contributed by atoms with Crippen LogP contribution in [-0.4, -0.2) is 31.1 Å². The van der Waals surface area contributed by atoms with Gasteiger partial charge in [-0.15, -0.1) is 0 Å². The summed E-state index contributed by atoms with van der Waals surface area (Å²) < 4.78 is 12.4. The average Bonchev–Trinajstić information content (AvgIpc) is 2.90. The van der Waals surface area contributed by atoms with Crippen LogP contribution in [0.2, 0.25) is 0 Å². The van der Waals surface area contributed by atoms with Gasteiger partial charge in [-0.3, -0.25) is 9.69 Å². The highest BCUT2D eigenvalue weighted by Crippen LogP contribution is 2.34. The highest BCUT2D eigenvalue weighted by atomic mass is 127. The highest BCUT2D eigenvalue weighted by molar-refractivity contribution is 14.1. The third-order valence-electron chi connectivity index (χ3n) is 3.98. The predicted molar refractivity (Wildman–Crippen MR) is 113 cm³/mol. The van der Waals surface area contributed by atoms with E-state index < -0.39 is 6.03 Å². The van der Waals surface area contributed by atoms with Crippen LogP contribution in [0.15, 0.2) is 46.6 Å². The molecule has 1 aliphatic heterocycles. The van der Waals surface area contributed by atoms with Crippen LogP contribution in [0.25, 0.3) is 6.08 Å². The van der Waals surface area contributed by atoms with Crippen molar-refractivity contribution in [2.75, 3.05) is 14.2 Å². The Bertz CT molecular complexity index is 928. The molecule has 27 heavy (non-hydrogen) atoms. The lowest BCUT2D eigenvalue weighted by atomic mass is 10.1. The van der Waals surface area contributed by atoms with Crippen LogP contribution in [-0.2, 0) is 11.3 Å². The Hall–Kier alpha value is -2.07. The number of hydrogen-bond donors (Lipinski definition) is 1. The minimum Gasteiger partial charge on any atom is -0.493 e. The van der Waals surface area contributed by atoms with Gasteiger partial charge >= 0.3 is 6.03 Å². The molecular formula is C19H16BrIN2O4. The number of carbonyl (C=O) groups excluding carboxylic acids is 2. The van der Waals surface area contributed by atoms with Crippen molar-refractivity contribution in [2.45, 2.75) is 6.54 Å². The molecule has 0 unspecified atom stereocenters. The molecule has 8 heteroatoms. The van der Waals surface area contributed by atoms with Crippen molar-refractivity contribution in [3.05, 3.63) is 61.3 Å². The zero-order chi connectivity index (χ0) is 19.6. The molecule has 0 saturated carbocycles. The summed E-state index contributed by atoms with van der Waals surface area (Å²) in [6.07, 6.45) is 1.63. The molecular weight excluding hydrogens is 527 g/mol. The van der Waals surface area contributed by atoms with Crippen LogP contribution in [0.4, 0.5) is 4.79 Å². The van der Waals surface area contributed by atoms with E-state index in [2.05, 4.69) is 43.8 Å². The zero-order valence-electron chi connectivity index (χ0n) is 14.6. The summed E-state index contributed by atoms with van der Waals surface area (Å²) in [5, 5.41) is 2.63. The first-order chi connectivity index (χ1) is 12.9. The summed E-state index contributed by atoms with van der Waals surface area (Å²) in [5.74, 6) is 0.811. The number of benzene rings is 2. The first-order valence-corrected chi connectivity index (χ1v) is 9.80. The maximum Gasteiger partial charge on any atom is 0.329 e. The van der Waals surface area contributed by atoms with Crippen molar-refractivity contribution < 1.29 is 19.1 Å². The Morgan fingerprint density at radius 3 is 2.48 bits per heavy atom. The summed E-state index contributed by atoms with van der Waals surface area (Å²) >= 11 is 5.50. The first kappa shape index (κ1) is 19.7. The van der Waals surface area contributed by atoms with E-state index in [-0.39, 0.29) is 18.1 Å². The number of urea groups is 1. The molecule has 0 aromatic heterocycles. The Morgan fingerprint density at radius 1 is 1.15 bits per heavy atom. The Morgan fingerprint density at radius 2 is 1.85 bits per heavy atom. The standard InChI is InChI=1S/C19H16BrIN2O4/c1-26-16-9-12(7-14(21)17(16)27-2)8-15-18(24)23(19(25)22-15)10-11-3-5-13(20)6-4-11/h3-9H,10H2,1-2H3,(H,22,25). The second-order valence-corrected chi connectivity index (χ2v) is 7.82. The maximum atomic E-state index is 12.7. The number of carbonyl (C=O) groups is 2. The summed E-state index contributed by atoms with van der Waals surface area (Å²) in [4.78, 5) is 26.1. The SMILES string of the molecule is COc1cc(C=C2NC(=O)N(Cc3ccc(Br)cc3)C2=O)cc(I)c1OC. The first-order valence-electron chi connectivity index (χ1n) is 7.93. The van der Waals surface area contributed by atoms with Crippen LogP contribution < -0.4 is 14.8 Å². The maximum absolute atomic E-state index is 12.7. The van der Waals surface area contributed by atoms with Gasteiger partial charge < -0.3 is 14.8 Å². The van der Waals surface area contributed by atoms with Gasteiger partial charge in [-0.25, -0.2) is 4.79 Å². The van der Waals surface area contributed by atoms with Crippen LogP contribution in [0.3, 0.4) is 0 Å². The fraction of sp³-hybridized carbons (Fsp3) is 0.158. The van der Waals surface area contributed by atoms with Gasteiger partial charge in [0.15, 0.2) is 11.5 Å². The number of hydrogen-bond acceptors (Lipinski definition) is 4. The highest BCUT2D eigenvalue weighted by Gasteiger charge is 2.33. The number of halogens is 2. The predicted octanol–water partition coefficient (Wildman–Crippen LogP) is 4.16. The van der Waals surface area contributed by atoms with Crippen molar-refractivity contribution >= 4 is 56.5 Å². The number of ether oxygens (including phenoxy) is 2. The number of methoxy groups -OCH3 is 2. The van der Waals surface area contributed by atoms with Gasteiger partial charge in [0.05, 0.1) is 24.3 Å². The van der Waals surface area contributed by atoms with Crippen LogP contribution in [0.1, 0.15) is 11.1 Å². The third kappa shape index (κ3) is 4.27. The number of amides is 3. The molecule has 1 fully saturated rings. The van der Waals surface area contributed by atoms with Crippen molar-refractivity contribution in [3.63, 3.8) is 0 Å². The topological polar surface area (TPSA) is 67.9 Å². The number of nitrogens with zero attached hydrogens (tertiary/aromatic N) is 1. The molecule has 0 radical (unpaired) electrons. The lowest BCUT2D eigenvalue weighted by Gasteiger charge is -2.12. The minimum atomic E-state index is -0.440. The van der Waals surface area contributed by atoms with Gasteiger partial charge in [0.25, 0.3) is 5.91 Å². The van der Waals surface area contributed by atoms with E-state index in [1.807, 2.05) is 30.3 Å². The quantitative estimate of drug-likeness (QED) is 0.350. The molecule has 1 heterocycles. The van der Waals surface area contributed by atoms with Crippen LogP contribution >= 0.6 is 38.5 Å². The molecule has 0 spiro atoms. The monoisotopic (exact) mass is 542 g/mol. The Balaban J connectivity index is 1.86. The normalized spacial score (nSPS) is 15.3. The molecule has 1 N–H and O–H groups in total. The van der Waals surface area contributed by atoms with Crippen LogP contribution in [0, 0.1) is 3.57 Å². The van der Waals surface area contributed by atoms with Crippen molar-refractivity contribution in [1.29, 1.82) is 0 Å². The van der Waals surface area contributed by atoms with Crippen LogP contribution in [0.5, 0.6) is 11.5 Å². The lowest BCUT2D eigenvalue weighted by Crippen LogP contribution is -2.30. The Kier molecular flexibility index (Phi) is 6.05. The molecule has 3 rings (SSSR count). The van der Waals surface area contributed by atoms with E-state index >= 15 is 0 Å². The molecule has 2 aromatic carbocycles. The fourth-order valence-electron chi connectivity index (χ4n) is 2.68. The molecule has 140 valence electrons. The molecule has 0 bridgehead atoms. The van der Waals surface area contributed by atoms with E-state index in [9.17, 15) is 9.59 Å². The number of rotatable bonds is 5. The number of nitrogens with one attached hydrogen (secondary N) is 1. The third-order valence-corrected chi connectivity index (χ3v) is 5.31. The minimum absolute atomic E-state index is 0.207. The zero-order valence-corrected chi connectivity index (χ0v) is 18.3. The second-order valence-electron chi connectivity index (χ2n) is 5.74. The van der Waals surface area contributed by atoms with E-state index in [0.717, 1.165) is 19.2 Å². The summed E-state index contributed by atoms with van der Waals surface area (Å²) in [7, 11) is 3.12. The summed E-state index contributed by atoms with van der Waals surface area (Å²) in [5.41, 5.74) is 1.81. The van der Waals surface area contributed by atoms with E-state index in [0.29, 0.717) is 11.5 Å². The Labute approximate surface area is 178 Å².